The molecule has 2 heterocycles. The van der Waals surface area contributed by atoms with Gasteiger partial charge in [-0.25, -0.2) is 0 Å². The molecule has 3 rings (SSSR count). The zero-order chi connectivity index (χ0) is 14.8. The van der Waals surface area contributed by atoms with Gasteiger partial charge in [-0.2, -0.15) is 0 Å². The van der Waals surface area contributed by atoms with E-state index in [2.05, 4.69) is 6.92 Å². The molecule has 3 nitrogen and oxygen atoms in total. The highest BCUT2D eigenvalue weighted by molar-refractivity contribution is 6.30. The van der Waals surface area contributed by atoms with Crippen molar-refractivity contribution >= 4 is 17.5 Å². The van der Waals surface area contributed by atoms with E-state index in [-0.39, 0.29) is 5.91 Å². The summed E-state index contributed by atoms with van der Waals surface area (Å²) in [5.41, 5.74) is 1.17. The molecule has 21 heavy (non-hydrogen) atoms. The first kappa shape index (κ1) is 14.9. The van der Waals surface area contributed by atoms with Gasteiger partial charge in [0, 0.05) is 30.5 Å². The van der Waals surface area contributed by atoms with Gasteiger partial charge in [-0.15, -0.1) is 0 Å². The molecule has 0 aromatic heterocycles. The summed E-state index contributed by atoms with van der Waals surface area (Å²) in [4.78, 5) is 14.4. The first-order valence-corrected chi connectivity index (χ1v) is 8.17. The Morgan fingerprint density at radius 3 is 2.90 bits per heavy atom. The van der Waals surface area contributed by atoms with Crippen molar-refractivity contribution < 1.29 is 9.53 Å². The highest BCUT2D eigenvalue weighted by Crippen LogP contribution is 2.32. The van der Waals surface area contributed by atoms with Crippen LogP contribution < -0.4 is 0 Å². The van der Waals surface area contributed by atoms with Crippen LogP contribution in [-0.4, -0.2) is 36.1 Å². The van der Waals surface area contributed by atoms with Gasteiger partial charge in [0.15, 0.2) is 0 Å². The number of rotatable bonds is 3. The van der Waals surface area contributed by atoms with Crippen molar-refractivity contribution in [2.45, 2.75) is 44.8 Å². The van der Waals surface area contributed by atoms with Crippen molar-refractivity contribution in [3.63, 3.8) is 0 Å². The van der Waals surface area contributed by atoms with Crippen molar-refractivity contribution in [2.75, 3.05) is 13.1 Å². The lowest BCUT2D eigenvalue weighted by Gasteiger charge is -2.34. The highest BCUT2D eigenvalue weighted by atomic mass is 35.5. The molecule has 2 saturated heterocycles. The fourth-order valence-corrected chi connectivity index (χ4v) is 3.61. The van der Waals surface area contributed by atoms with Crippen LogP contribution in [-0.2, 0) is 16.0 Å². The van der Waals surface area contributed by atoms with E-state index >= 15 is 0 Å². The molecule has 1 aromatic rings. The lowest BCUT2D eigenvalue weighted by Crippen LogP contribution is -2.44. The standard InChI is InChI=1S/C17H22ClNO2/c1-12-10-14-11-19(9-8-16(14)21-12)17(20)7-4-13-2-5-15(18)6-3-13/h2-3,5-6,12,14,16H,4,7-11H2,1H3/t12-,14-,16-/m1/s1. The summed E-state index contributed by atoms with van der Waals surface area (Å²) in [6.07, 6.45) is 4.17. The predicted molar refractivity (Wildman–Crippen MR) is 83.4 cm³/mol. The van der Waals surface area contributed by atoms with E-state index in [4.69, 9.17) is 16.3 Å². The number of ether oxygens (including phenoxy) is 1. The number of amides is 1. The quantitative estimate of drug-likeness (QED) is 0.857. The normalized spacial score (nSPS) is 28.5. The third kappa shape index (κ3) is 3.58. The van der Waals surface area contributed by atoms with Crippen LogP contribution in [0, 0.1) is 5.92 Å². The van der Waals surface area contributed by atoms with E-state index in [1.165, 1.54) is 5.56 Å². The molecule has 2 aliphatic rings. The van der Waals surface area contributed by atoms with E-state index in [1.54, 1.807) is 0 Å². The van der Waals surface area contributed by atoms with Gasteiger partial charge in [0.25, 0.3) is 0 Å². The summed E-state index contributed by atoms with van der Waals surface area (Å²) < 4.78 is 5.88. The van der Waals surface area contributed by atoms with Crippen LogP contribution in [0.25, 0.3) is 0 Å². The van der Waals surface area contributed by atoms with Gasteiger partial charge in [-0.05, 0) is 43.9 Å². The smallest absolute Gasteiger partial charge is 0.222 e. The lowest BCUT2D eigenvalue weighted by molar-refractivity contribution is -0.134. The summed E-state index contributed by atoms with van der Waals surface area (Å²) in [7, 11) is 0. The molecule has 0 N–H and O–H groups in total. The third-order valence-corrected chi connectivity index (χ3v) is 4.85. The Labute approximate surface area is 131 Å². The molecular formula is C17H22ClNO2. The fraction of sp³-hybridized carbons (Fsp3) is 0.588. The number of nitrogens with zero attached hydrogens (tertiary/aromatic N) is 1. The summed E-state index contributed by atoms with van der Waals surface area (Å²) >= 11 is 5.87. The topological polar surface area (TPSA) is 29.5 Å². The van der Waals surface area contributed by atoms with Gasteiger partial charge in [-0.1, -0.05) is 23.7 Å². The van der Waals surface area contributed by atoms with Crippen LogP contribution >= 0.6 is 11.6 Å². The molecule has 0 radical (unpaired) electrons. The molecule has 1 aromatic carbocycles. The molecule has 3 atom stereocenters. The van der Waals surface area contributed by atoms with Gasteiger partial charge in [0.1, 0.15) is 0 Å². The molecule has 114 valence electrons. The van der Waals surface area contributed by atoms with Crippen LogP contribution in [0.15, 0.2) is 24.3 Å². The minimum Gasteiger partial charge on any atom is -0.375 e. The second kappa shape index (κ2) is 6.37. The molecule has 0 spiro atoms. The number of likely N-dealkylation sites (tertiary alicyclic amines) is 1. The molecule has 1 amide bonds. The van der Waals surface area contributed by atoms with E-state index in [1.807, 2.05) is 29.2 Å². The van der Waals surface area contributed by atoms with Gasteiger partial charge >= 0.3 is 0 Å². The Morgan fingerprint density at radius 2 is 2.14 bits per heavy atom. The van der Waals surface area contributed by atoms with Crippen molar-refractivity contribution in [2.24, 2.45) is 5.92 Å². The monoisotopic (exact) mass is 307 g/mol. The van der Waals surface area contributed by atoms with E-state index < -0.39 is 0 Å². The van der Waals surface area contributed by atoms with Gasteiger partial charge < -0.3 is 9.64 Å². The number of benzene rings is 1. The first-order valence-electron chi connectivity index (χ1n) is 7.79. The molecule has 4 heteroatoms. The van der Waals surface area contributed by atoms with E-state index in [9.17, 15) is 4.79 Å². The Balaban J connectivity index is 1.50. The van der Waals surface area contributed by atoms with Crippen LogP contribution in [0.1, 0.15) is 31.7 Å². The predicted octanol–water partition coefficient (Wildman–Crippen LogP) is 3.30. The largest absolute Gasteiger partial charge is 0.375 e. The number of carbonyl (C=O) groups is 1. The number of hydrogen-bond acceptors (Lipinski definition) is 2. The van der Waals surface area contributed by atoms with E-state index in [0.717, 1.165) is 37.4 Å². The van der Waals surface area contributed by atoms with Gasteiger partial charge in [-0.3, -0.25) is 4.79 Å². The van der Waals surface area contributed by atoms with Crippen molar-refractivity contribution in [1.82, 2.24) is 4.90 Å². The van der Waals surface area contributed by atoms with Crippen LogP contribution in [0.5, 0.6) is 0 Å². The molecule has 2 aliphatic heterocycles. The average molecular weight is 308 g/mol. The maximum Gasteiger partial charge on any atom is 0.222 e. The third-order valence-electron chi connectivity index (χ3n) is 4.60. The second-order valence-electron chi connectivity index (χ2n) is 6.24. The number of halogens is 1. The number of carbonyl (C=O) groups excluding carboxylic acids is 1. The summed E-state index contributed by atoms with van der Waals surface area (Å²) in [6, 6.07) is 7.75. The fourth-order valence-electron chi connectivity index (χ4n) is 3.48. The SMILES string of the molecule is C[C@@H]1C[C@@H]2CN(C(=O)CCc3ccc(Cl)cc3)CC[C@H]2O1. The Hall–Kier alpha value is -1.06. The number of hydrogen-bond donors (Lipinski definition) is 0. The maximum atomic E-state index is 12.4. The molecule has 0 unspecified atom stereocenters. The van der Waals surface area contributed by atoms with Crippen LogP contribution in [0.2, 0.25) is 5.02 Å². The summed E-state index contributed by atoms with van der Waals surface area (Å²) in [6.45, 7) is 3.84. The minimum atomic E-state index is 0.267. The zero-order valence-electron chi connectivity index (χ0n) is 12.4. The molecule has 0 saturated carbocycles. The van der Waals surface area contributed by atoms with Crippen LogP contribution in [0.4, 0.5) is 0 Å². The zero-order valence-corrected chi connectivity index (χ0v) is 13.2. The second-order valence-corrected chi connectivity index (χ2v) is 6.67. The minimum absolute atomic E-state index is 0.267. The van der Waals surface area contributed by atoms with Gasteiger partial charge in [0.05, 0.1) is 12.2 Å². The summed E-state index contributed by atoms with van der Waals surface area (Å²) in [5, 5.41) is 0.738. The Bertz CT molecular complexity index is 502. The summed E-state index contributed by atoms with van der Waals surface area (Å²) in [5.74, 6) is 0.802. The highest BCUT2D eigenvalue weighted by Gasteiger charge is 2.38. The maximum absolute atomic E-state index is 12.4. The first-order chi connectivity index (χ1) is 10.1. The number of piperidine rings is 1. The van der Waals surface area contributed by atoms with Crippen molar-refractivity contribution in [3.8, 4) is 0 Å². The van der Waals surface area contributed by atoms with Crippen molar-refractivity contribution in [3.05, 3.63) is 34.9 Å². The van der Waals surface area contributed by atoms with Crippen LogP contribution in [0.3, 0.4) is 0 Å². The Morgan fingerprint density at radius 1 is 1.38 bits per heavy atom. The molecule has 2 fully saturated rings. The molecule has 0 aliphatic carbocycles. The average Bonchev–Trinajstić information content (AvgIpc) is 2.85. The molecular weight excluding hydrogens is 286 g/mol. The van der Waals surface area contributed by atoms with Crippen molar-refractivity contribution in [1.29, 1.82) is 0 Å². The number of aryl methyl sites for hydroxylation is 1. The number of fused-ring (bicyclic) bond motifs is 1. The van der Waals surface area contributed by atoms with E-state index in [0.29, 0.717) is 24.5 Å². The van der Waals surface area contributed by atoms with Gasteiger partial charge in [0.2, 0.25) is 5.91 Å². The Kier molecular flexibility index (Phi) is 4.51. The lowest BCUT2D eigenvalue weighted by atomic mass is 9.93. The molecule has 0 bridgehead atoms.